The summed E-state index contributed by atoms with van der Waals surface area (Å²) in [6, 6.07) is 13.4. The van der Waals surface area contributed by atoms with E-state index in [1.165, 1.54) is 12.1 Å². The molecular formula is C21H24FN3O2. The SMILES string of the molecule is CCC(=O)Nc1cccc(C(=O)NCC2CCN(c3ccc(F)cc3)C2)c1. The summed E-state index contributed by atoms with van der Waals surface area (Å²) in [5.41, 5.74) is 2.15. The van der Waals surface area contributed by atoms with Crippen LogP contribution in [0.25, 0.3) is 0 Å². The molecule has 2 aromatic rings. The molecule has 1 saturated heterocycles. The molecule has 1 unspecified atom stereocenters. The van der Waals surface area contributed by atoms with Crippen molar-refractivity contribution < 1.29 is 14.0 Å². The highest BCUT2D eigenvalue weighted by molar-refractivity contribution is 5.97. The lowest BCUT2D eigenvalue weighted by molar-refractivity contribution is -0.115. The Bertz CT molecular complexity index is 807. The van der Waals surface area contributed by atoms with Crippen molar-refractivity contribution in [3.8, 4) is 0 Å². The van der Waals surface area contributed by atoms with Crippen molar-refractivity contribution in [3.05, 3.63) is 59.9 Å². The number of carbonyl (C=O) groups excluding carboxylic acids is 2. The molecule has 0 spiro atoms. The average molecular weight is 369 g/mol. The van der Waals surface area contributed by atoms with Crippen LogP contribution in [0.3, 0.4) is 0 Å². The summed E-state index contributed by atoms with van der Waals surface area (Å²) >= 11 is 0. The minimum Gasteiger partial charge on any atom is -0.371 e. The smallest absolute Gasteiger partial charge is 0.251 e. The quantitative estimate of drug-likeness (QED) is 0.820. The Morgan fingerprint density at radius 3 is 2.70 bits per heavy atom. The Balaban J connectivity index is 1.51. The maximum atomic E-state index is 13.1. The maximum absolute atomic E-state index is 13.1. The number of hydrogen-bond acceptors (Lipinski definition) is 3. The highest BCUT2D eigenvalue weighted by Gasteiger charge is 2.23. The zero-order valence-corrected chi connectivity index (χ0v) is 15.4. The molecule has 3 rings (SSSR count). The second-order valence-corrected chi connectivity index (χ2v) is 6.77. The summed E-state index contributed by atoms with van der Waals surface area (Å²) in [5.74, 6) is -0.122. The van der Waals surface area contributed by atoms with Crippen molar-refractivity contribution in [3.63, 3.8) is 0 Å². The summed E-state index contributed by atoms with van der Waals surface area (Å²) in [4.78, 5) is 26.1. The molecule has 27 heavy (non-hydrogen) atoms. The van der Waals surface area contributed by atoms with Gasteiger partial charge in [0.15, 0.2) is 0 Å². The molecule has 0 radical (unpaired) electrons. The number of rotatable bonds is 6. The number of benzene rings is 2. The molecule has 2 aromatic carbocycles. The van der Waals surface area contributed by atoms with E-state index in [9.17, 15) is 14.0 Å². The minimum absolute atomic E-state index is 0.0839. The van der Waals surface area contributed by atoms with E-state index in [0.29, 0.717) is 30.1 Å². The van der Waals surface area contributed by atoms with Gasteiger partial charge in [-0.05, 0) is 54.8 Å². The predicted octanol–water partition coefficient (Wildman–Crippen LogP) is 3.43. The molecule has 0 bridgehead atoms. The van der Waals surface area contributed by atoms with Gasteiger partial charge in [-0.2, -0.15) is 0 Å². The number of carbonyl (C=O) groups is 2. The van der Waals surface area contributed by atoms with Gasteiger partial charge in [-0.3, -0.25) is 9.59 Å². The molecule has 1 aliphatic rings. The van der Waals surface area contributed by atoms with E-state index in [1.807, 2.05) is 0 Å². The Labute approximate surface area is 158 Å². The van der Waals surface area contributed by atoms with E-state index in [4.69, 9.17) is 0 Å². The lowest BCUT2D eigenvalue weighted by atomic mass is 10.1. The molecule has 6 heteroatoms. The number of nitrogens with one attached hydrogen (secondary N) is 2. The topological polar surface area (TPSA) is 61.4 Å². The highest BCUT2D eigenvalue weighted by Crippen LogP contribution is 2.23. The van der Waals surface area contributed by atoms with Crippen molar-refractivity contribution in [2.24, 2.45) is 5.92 Å². The number of anilines is 2. The fourth-order valence-electron chi connectivity index (χ4n) is 3.21. The first-order valence-electron chi connectivity index (χ1n) is 9.23. The third kappa shape index (κ3) is 5.06. The summed E-state index contributed by atoms with van der Waals surface area (Å²) in [7, 11) is 0. The van der Waals surface area contributed by atoms with Gasteiger partial charge in [-0.1, -0.05) is 13.0 Å². The van der Waals surface area contributed by atoms with E-state index in [2.05, 4.69) is 15.5 Å². The number of amides is 2. The first-order valence-corrected chi connectivity index (χ1v) is 9.23. The van der Waals surface area contributed by atoms with Crippen LogP contribution in [-0.2, 0) is 4.79 Å². The van der Waals surface area contributed by atoms with Crippen LogP contribution in [0.2, 0.25) is 0 Å². The van der Waals surface area contributed by atoms with Gasteiger partial charge in [0.1, 0.15) is 5.82 Å². The van der Waals surface area contributed by atoms with Crippen LogP contribution in [0.5, 0.6) is 0 Å². The van der Waals surface area contributed by atoms with Gasteiger partial charge < -0.3 is 15.5 Å². The van der Waals surface area contributed by atoms with E-state index in [-0.39, 0.29) is 17.6 Å². The highest BCUT2D eigenvalue weighted by atomic mass is 19.1. The second-order valence-electron chi connectivity index (χ2n) is 6.77. The van der Waals surface area contributed by atoms with Crippen molar-refractivity contribution in [1.82, 2.24) is 5.32 Å². The van der Waals surface area contributed by atoms with Crippen molar-refractivity contribution in [2.75, 3.05) is 29.9 Å². The first-order chi connectivity index (χ1) is 13.0. The monoisotopic (exact) mass is 369 g/mol. The average Bonchev–Trinajstić information content (AvgIpc) is 3.15. The minimum atomic E-state index is -0.237. The van der Waals surface area contributed by atoms with Crippen LogP contribution < -0.4 is 15.5 Å². The Morgan fingerprint density at radius 2 is 1.96 bits per heavy atom. The standard InChI is InChI=1S/C21H24FN3O2/c1-2-20(26)24-18-5-3-4-16(12-18)21(27)23-13-15-10-11-25(14-15)19-8-6-17(22)7-9-19/h3-9,12,15H,2,10-11,13-14H2,1H3,(H,23,27)(H,24,26). The molecule has 1 aliphatic heterocycles. The molecule has 142 valence electrons. The molecule has 1 fully saturated rings. The van der Waals surface area contributed by atoms with Crippen molar-refractivity contribution in [2.45, 2.75) is 19.8 Å². The van der Waals surface area contributed by atoms with Crippen LogP contribution in [0, 0.1) is 11.7 Å². The van der Waals surface area contributed by atoms with E-state index >= 15 is 0 Å². The van der Waals surface area contributed by atoms with Crippen LogP contribution in [0.4, 0.5) is 15.8 Å². The number of hydrogen-bond donors (Lipinski definition) is 2. The second kappa shape index (κ2) is 8.66. The van der Waals surface area contributed by atoms with Crippen LogP contribution in [0.1, 0.15) is 30.1 Å². The van der Waals surface area contributed by atoms with Crippen molar-refractivity contribution in [1.29, 1.82) is 0 Å². The molecule has 1 heterocycles. The Hall–Kier alpha value is -2.89. The Kier molecular flexibility index (Phi) is 6.06. The Morgan fingerprint density at radius 1 is 1.19 bits per heavy atom. The van der Waals surface area contributed by atoms with Crippen LogP contribution >= 0.6 is 0 Å². The summed E-state index contributed by atoms with van der Waals surface area (Å²) in [5, 5.41) is 5.74. The van der Waals surface area contributed by atoms with E-state index < -0.39 is 0 Å². The lowest BCUT2D eigenvalue weighted by Gasteiger charge is -2.19. The third-order valence-electron chi connectivity index (χ3n) is 4.76. The molecular weight excluding hydrogens is 345 g/mol. The van der Waals surface area contributed by atoms with E-state index in [0.717, 1.165) is 25.2 Å². The van der Waals surface area contributed by atoms with Crippen LogP contribution in [0.15, 0.2) is 48.5 Å². The summed E-state index contributed by atoms with van der Waals surface area (Å²) in [6.45, 7) is 4.09. The summed E-state index contributed by atoms with van der Waals surface area (Å²) in [6.07, 6.45) is 1.37. The van der Waals surface area contributed by atoms with Crippen LogP contribution in [-0.4, -0.2) is 31.4 Å². The van der Waals surface area contributed by atoms with Crippen molar-refractivity contribution >= 4 is 23.2 Å². The molecule has 1 atom stereocenters. The zero-order chi connectivity index (χ0) is 19.2. The normalized spacial score (nSPS) is 16.2. The fourth-order valence-corrected chi connectivity index (χ4v) is 3.21. The van der Waals surface area contributed by atoms with Gasteiger partial charge in [0.25, 0.3) is 5.91 Å². The van der Waals surface area contributed by atoms with Gasteiger partial charge in [-0.15, -0.1) is 0 Å². The fraction of sp³-hybridized carbons (Fsp3) is 0.333. The van der Waals surface area contributed by atoms with E-state index in [1.54, 1.807) is 43.3 Å². The third-order valence-corrected chi connectivity index (χ3v) is 4.76. The predicted molar refractivity (Wildman–Crippen MR) is 104 cm³/mol. The zero-order valence-electron chi connectivity index (χ0n) is 15.4. The van der Waals surface area contributed by atoms with Gasteiger partial charge in [0.05, 0.1) is 0 Å². The first kappa shape index (κ1) is 18.9. The lowest BCUT2D eigenvalue weighted by Crippen LogP contribution is -2.31. The summed E-state index contributed by atoms with van der Waals surface area (Å²) < 4.78 is 13.1. The molecule has 0 aliphatic carbocycles. The van der Waals surface area contributed by atoms with Gasteiger partial charge in [-0.25, -0.2) is 4.39 Å². The molecule has 2 N–H and O–H groups in total. The number of halogens is 1. The number of nitrogens with zero attached hydrogens (tertiary/aromatic N) is 1. The largest absolute Gasteiger partial charge is 0.371 e. The molecule has 0 aromatic heterocycles. The van der Waals surface area contributed by atoms with Gasteiger partial charge in [0.2, 0.25) is 5.91 Å². The van der Waals surface area contributed by atoms with Gasteiger partial charge in [0, 0.05) is 43.0 Å². The van der Waals surface area contributed by atoms with Gasteiger partial charge >= 0.3 is 0 Å². The molecule has 5 nitrogen and oxygen atoms in total. The maximum Gasteiger partial charge on any atom is 0.251 e. The molecule has 2 amide bonds. The molecule has 0 saturated carbocycles.